The van der Waals surface area contributed by atoms with Gasteiger partial charge < -0.3 is 15.0 Å². The van der Waals surface area contributed by atoms with Crippen LogP contribution in [0.15, 0.2) is 36.5 Å². The normalized spacial score (nSPS) is 23.1. The van der Waals surface area contributed by atoms with Crippen LogP contribution >= 0.6 is 0 Å². The second-order valence-electron chi connectivity index (χ2n) is 11.9. The molecule has 11 heteroatoms. The average molecular weight is 577 g/mol. The summed E-state index contributed by atoms with van der Waals surface area (Å²) < 4.78 is 61.3. The van der Waals surface area contributed by atoms with Crippen LogP contribution in [0.1, 0.15) is 62.2 Å². The summed E-state index contributed by atoms with van der Waals surface area (Å²) in [6.07, 6.45) is 1.46. The second kappa shape index (κ2) is 11.7. The molecular weight excluding hydrogens is 540 g/mol. The van der Waals surface area contributed by atoms with Crippen LogP contribution in [-0.2, 0) is 4.79 Å². The number of hydrogen-bond donors (Lipinski definition) is 2. The Labute approximate surface area is 237 Å². The van der Waals surface area contributed by atoms with E-state index in [0.717, 1.165) is 25.3 Å². The van der Waals surface area contributed by atoms with Crippen molar-refractivity contribution in [3.8, 4) is 17.0 Å². The molecule has 7 nitrogen and oxygen atoms in total. The van der Waals surface area contributed by atoms with E-state index in [4.69, 9.17) is 4.74 Å². The highest BCUT2D eigenvalue weighted by atomic mass is 19.4. The zero-order chi connectivity index (χ0) is 29.3. The van der Waals surface area contributed by atoms with Crippen molar-refractivity contribution in [1.82, 2.24) is 20.5 Å². The number of piperidine rings is 1. The molecule has 222 valence electrons. The third-order valence-corrected chi connectivity index (χ3v) is 8.97. The number of aromatic nitrogens is 1. The van der Waals surface area contributed by atoms with Gasteiger partial charge in [0, 0.05) is 17.7 Å². The lowest BCUT2D eigenvalue weighted by Gasteiger charge is -2.47. The Morgan fingerprint density at radius 2 is 1.88 bits per heavy atom. The Hall–Kier alpha value is -3.05. The van der Waals surface area contributed by atoms with Crippen molar-refractivity contribution < 1.29 is 31.9 Å². The maximum atomic E-state index is 14.9. The minimum atomic E-state index is -4.14. The first-order chi connectivity index (χ1) is 19.5. The Bertz CT molecular complexity index is 1250. The molecule has 1 aliphatic carbocycles. The number of nitrogens with zero attached hydrogens (tertiary/aromatic N) is 2. The fraction of sp³-hybridized carbons (Fsp3) is 0.567. The number of hydrogen-bond acceptors (Lipinski definition) is 6. The molecule has 2 N–H and O–H groups in total. The SMILES string of the molecule is C[C@@]1(C(=O)NC(=O)c2ccc(-c3ccc(OCC4CCN(CC5(C(F)(F)F)CCC5)CC4)cn3)c(F)c2)CCCN1. The monoisotopic (exact) mass is 576 g/mol. The lowest BCUT2D eigenvalue weighted by Crippen LogP contribution is -2.53. The number of benzene rings is 1. The minimum Gasteiger partial charge on any atom is -0.492 e. The van der Waals surface area contributed by atoms with Gasteiger partial charge in [-0.25, -0.2) is 4.39 Å². The van der Waals surface area contributed by atoms with Crippen LogP contribution in [0.2, 0.25) is 0 Å². The standard InChI is InChI=1S/C30H36F4N4O3/c1-28(10-3-13-36-28)27(40)37-26(39)21-4-6-23(24(31)16-21)25-7-5-22(17-35-25)41-18-20-8-14-38(15-9-20)19-29(11-2-12-29)30(32,33)34/h4-7,16-17,20,36H,2-3,8-15,18-19H2,1H3,(H,37,39,40)/t28-/m0/s1. The van der Waals surface area contributed by atoms with E-state index in [2.05, 4.69) is 15.6 Å². The molecule has 1 saturated carbocycles. The van der Waals surface area contributed by atoms with Crippen LogP contribution in [0.3, 0.4) is 0 Å². The quantitative estimate of drug-likeness (QED) is 0.336. The van der Waals surface area contributed by atoms with Crippen molar-refractivity contribution in [1.29, 1.82) is 0 Å². The first-order valence-electron chi connectivity index (χ1n) is 14.3. The smallest absolute Gasteiger partial charge is 0.395 e. The molecule has 3 fully saturated rings. The molecular formula is C30H36F4N4O3. The third-order valence-electron chi connectivity index (χ3n) is 8.97. The van der Waals surface area contributed by atoms with Gasteiger partial charge in [0.1, 0.15) is 11.6 Å². The summed E-state index contributed by atoms with van der Waals surface area (Å²) in [6, 6.07) is 7.30. The van der Waals surface area contributed by atoms with Crippen molar-refractivity contribution in [3.63, 3.8) is 0 Å². The molecule has 0 bridgehead atoms. The number of ether oxygens (including phenoxy) is 1. The van der Waals surface area contributed by atoms with E-state index < -0.39 is 34.8 Å². The predicted octanol–water partition coefficient (Wildman–Crippen LogP) is 5.11. The Morgan fingerprint density at radius 1 is 1.12 bits per heavy atom. The van der Waals surface area contributed by atoms with E-state index in [1.54, 1.807) is 19.1 Å². The number of nitrogens with one attached hydrogen (secondary N) is 2. The summed E-state index contributed by atoms with van der Waals surface area (Å²) in [6.45, 7) is 4.21. The minimum absolute atomic E-state index is 0.0356. The van der Waals surface area contributed by atoms with Gasteiger partial charge in [-0.1, -0.05) is 6.42 Å². The number of rotatable bonds is 8. The van der Waals surface area contributed by atoms with Gasteiger partial charge in [-0.3, -0.25) is 19.9 Å². The molecule has 2 amide bonds. The van der Waals surface area contributed by atoms with E-state index in [1.165, 1.54) is 18.3 Å². The van der Waals surface area contributed by atoms with Crippen molar-refractivity contribution in [2.24, 2.45) is 11.3 Å². The number of alkyl halides is 3. The van der Waals surface area contributed by atoms with Crippen LogP contribution in [0.25, 0.3) is 11.3 Å². The maximum Gasteiger partial charge on any atom is 0.395 e. The number of likely N-dealkylation sites (tertiary alicyclic amines) is 1. The molecule has 3 aliphatic rings. The zero-order valence-corrected chi connectivity index (χ0v) is 23.2. The molecule has 1 aromatic carbocycles. The predicted molar refractivity (Wildman–Crippen MR) is 145 cm³/mol. The second-order valence-corrected chi connectivity index (χ2v) is 11.9. The van der Waals surface area contributed by atoms with Gasteiger partial charge in [0.15, 0.2) is 0 Å². The van der Waals surface area contributed by atoms with Gasteiger partial charge >= 0.3 is 6.18 Å². The van der Waals surface area contributed by atoms with Crippen molar-refractivity contribution in [2.45, 2.75) is 63.6 Å². The van der Waals surface area contributed by atoms with E-state index >= 15 is 0 Å². The van der Waals surface area contributed by atoms with Gasteiger partial charge in [-0.2, -0.15) is 13.2 Å². The van der Waals surface area contributed by atoms with Crippen LogP contribution < -0.4 is 15.4 Å². The molecule has 41 heavy (non-hydrogen) atoms. The van der Waals surface area contributed by atoms with Crippen molar-refractivity contribution in [3.05, 3.63) is 47.9 Å². The topological polar surface area (TPSA) is 83.6 Å². The van der Waals surface area contributed by atoms with E-state index in [-0.39, 0.29) is 36.4 Å². The van der Waals surface area contributed by atoms with Crippen molar-refractivity contribution >= 4 is 11.8 Å². The van der Waals surface area contributed by atoms with Gasteiger partial charge in [-0.15, -0.1) is 0 Å². The summed E-state index contributed by atoms with van der Waals surface area (Å²) in [5, 5.41) is 5.44. The summed E-state index contributed by atoms with van der Waals surface area (Å²) in [4.78, 5) is 31.2. The Balaban J connectivity index is 1.10. The molecule has 0 unspecified atom stereocenters. The number of pyridine rings is 1. The van der Waals surface area contributed by atoms with Crippen LogP contribution in [0.5, 0.6) is 5.75 Å². The van der Waals surface area contributed by atoms with Gasteiger partial charge in [0.2, 0.25) is 5.91 Å². The lowest BCUT2D eigenvalue weighted by molar-refractivity contribution is -0.256. The molecule has 2 aliphatic heterocycles. The zero-order valence-electron chi connectivity index (χ0n) is 23.2. The molecule has 2 saturated heterocycles. The molecule has 0 radical (unpaired) electrons. The molecule has 0 spiro atoms. The summed E-state index contributed by atoms with van der Waals surface area (Å²) in [5.74, 6) is -0.983. The number of carbonyl (C=O) groups is 2. The first kappa shape index (κ1) is 29.4. The van der Waals surface area contributed by atoms with E-state index in [0.29, 0.717) is 50.5 Å². The number of halogens is 4. The summed E-state index contributed by atoms with van der Waals surface area (Å²) >= 11 is 0. The summed E-state index contributed by atoms with van der Waals surface area (Å²) in [7, 11) is 0. The fourth-order valence-corrected chi connectivity index (χ4v) is 5.98. The van der Waals surface area contributed by atoms with E-state index in [1.807, 2.05) is 4.90 Å². The fourth-order valence-electron chi connectivity index (χ4n) is 5.98. The van der Waals surface area contributed by atoms with Gasteiger partial charge in [0.25, 0.3) is 5.91 Å². The maximum absolute atomic E-state index is 14.9. The highest BCUT2D eigenvalue weighted by molar-refractivity contribution is 6.07. The lowest BCUT2D eigenvalue weighted by atomic mass is 9.67. The summed E-state index contributed by atoms with van der Waals surface area (Å²) in [5.41, 5.74) is -1.73. The highest BCUT2D eigenvalue weighted by Gasteiger charge is 2.58. The number of amides is 2. The molecule has 2 aromatic rings. The highest BCUT2D eigenvalue weighted by Crippen LogP contribution is 2.53. The van der Waals surface area contributed by atoms with Gasteiger partial charge in [0.05, 0.1) is 29.5 Å². The number of carbonyl (C=O) groups excluding carboxylic acids is 2. The molecule has 1 atom stereocenters. The van der Waals surface area contributed by atoms with Crippen molar-refractivity contribution in [2.75, 3.05) is 32.8 Å². The van der Waals surface area contributed by atoms with Crippen LogP contribution in [0.4, 0.5) is 17.6 Å². The van der Waals surface area contributed by atoms with Crippen LogP contribution in [0, 0.1) is 17.2 Å². The van der Waals surface area contributed by atoms with Gasteiger partial charge in [-0.05, 0) is 101 Å². The number of imide groups is 1. The Kier molecular flexibility index (Phi) is 8.39. The van der Waals surface area contributed by atoms with Crippen LogP contribution in [-0.4, -0.2) is 66.2 Å². The Morgan fingerprint density at radius 3 is 2.44 bits per heavy atom. The molecule has 3 heterocycles. The van der Waals surface area contributed by atoms with E-state index in [9.17, 15) is 27.2 Å². The molecule has 1 aromatic heterocycles. The largest absolute Gasteiger partial charge is 0.492 e. The first-order valence-corrected chi connectivity index (χ1v) is 14.3. The molecule has 5 rings (SSSR count). The average Bonchev–Trinajstić information content (AvgIpc) is 3.37. The third kappa shape index (κ3) is 6.40.